The Morgan fingerprint density at radius 2 is 2.28 bits per heavy atom. The average molecular weight is 312 g/mol. The Morgan fingerprint density at radius 1 is 1.50 bits per heavy atom. The first kappa shape index (κ1) is 13.0. The van der Waals surface area contributed by atoms with E-state index in [9.17, 15) is 4.79 Å². The highest BCUT2D eigenvalue weighted by molar-refractivity contribution is 9.10. The third kappa shape index (κ3) is 2.38. The summed E-state index contributed by atoms with van der Waals surface area (Å²) in [5, 5.41) is 0. The van der Waals surface area contributed by atoms with E-state index in [0.29, 0.717) is 27.9 Å². The maximum absolute atomic E-state index is 12.0. The highest BCUT2D eigenvalue weighted by Crippen LogP contribution is 2.23. The molecule has 5 nitrogen and oxygen atoms in total. The van der Waals surface area contributed by atoms with E-state index in [1.807, 2.05) is 0 Å². The summed E-state index contributed by atoms with van der Waals surface area (Å²) in [5.74, 6) is -0.348. The average Bonchev–Trinajstić information content (AvgIpc) is 2.67. The fourth-order valence-electron chi connectivity index (χ4n) is 1.84. The summed E-state index contributed by atoms with van der Waals surface area (Å²) in [7, 11) is 0. The van der Waals surface area contributed by atoms with Crippen molar-refractivity contribution in [2.45, 2.75) is 26.7 Å². The van der Waals surface area contributed by atoms with Gasteiger partial charge in [0.15, 0.2) is 5.65 Å². The number of aromatic amines is 1. The van der Waals surface area contributed by atoms with Gasteiger partial charge in [0.2, 0.25) is 0 Å². The second-order valence-corrected chi connectivity index (χ2v) is 4.65. The van der Waals surface area contributed by atoms with Crippen LogP contribution in [0.2, 0.25) is 0 Å². The highest BCUT2D eigenvalue weighted by atomic mass is 79.9. The Labute approximate surface area is 113 Å². The van der Waals surface area contributed by atoms with Crippen LogP contribution in [-0.4, -0.2) is 27.5 Å². The molecule has 0 unspecified atom stereocenters. The Bertz CT molecular complexity index is 580. The van der Waals surface area contributed by atoms with Crippen molar-refractivity contribution in [1.82, 2.24) is 15.0 Å². The van der Waals surface area contributed by atoms with Gasteiger partial charge in [-0.25, -0.2) is 14.8 Å². The van der Waals surface area contributed by atoms with Crippen molar-refractivity contribution in [2.75, 3.05) is 6.61 Å². The lowest BCUT2D eigenvalue weighted by molar-refractivity contribution is 0.0527. The van der Waals surface area contributed by atoms with Gasteiger partial charge < -0.3 is 9.72 Å². The fourth-order valence-corrected chi connectivity index (χ4v) is 2.12. The van der Waals surface area contributed by atoms with Crippen LogP contribution in [0.4, 0.5) is 0 Å². The number of nitrogens with zero attached hydrogens (tertiary/aromatic N) is 2. The van der Waals surface area contributed by atoms with Gasteiger partial charge in [-0.15, -0.1) is 0 Å². The van der Waals surface area contributed by atoms with Gasteiger partial charge in [-0.2, -0.15) is 0 Å². The SMILES string of the molecule is CCCc1[nH]c2ncc(Br)nc2c1C(=O)OCC. The lowest BCUT2D eigenvalue weighted by atomic mass is 10.1. The number of hydrogen-bond donors (Lipinski definition) is 1. The zero-order valence-corrected chi connectivity index (χ0v) is 11.9. The van der Waals surface area contributed by atoms with Crippen LogP contribution in [-0.2, 0) is 11.2 Å². The van der Waals surface area contributed by atoms with Crippen LogP contribution in [0, 0.1) is 0 Å². The lowest BCUT2D eigenvalue weighted by Crippen LogP contribution is -2.07. The number of carbonyl (C=O) groups excluding carboxylic acids is 1. The van der Waals surface area contributed by atoms with Crippen LogP contribution in [0.15, 0.2) is 10.8 Å². The maximum Gasteiger partial charge on any atom is 0.342 e. The van der Waals surface area contributed by atoms with Gasteiger partial charge in [0, 0.05) is 5.69 Å². The molecule has 2 heterocycles. The Hall–Kier alpha value is -1.43. The molecule has 0 aliphatic rings. The molecule has 0 spiro atoms. The molecule has 2 aromatic rings. The number of nitrogens with one attached hydrogen (secondary N) is 1. The lowest BCUT2D eigenvalue weighted by Gasteiger charge is -2.02. The molecule has 18 heavy (non-hydrogen) atoms. The number of esters is 1. The first-order valence-corrected chi connectivity index (χ1v) is 6.66. The third-order valence-corrected chi connectivity index (χ3v) is 2.91. The number of hydrogen-bond acceptors (Lipinski definition) is 4. The zero-order valence-electron chi connectivity index (χ0n) is 10.3. The van der Waals surface area contributed by atoms with Crippen molar-refractivity contribution in [2.24, 2.45) is 0 Å². The number of halogens is 1. The Morgan fingerprint density at radius 3 is 2.94 bits per heavy atom. The van der Waals surface area contributed by atoms with Crippen molar-refractivity contribution in [3.05, 3.63) is 22.1 Å². The molecule has 2 rings (SSSR count). The van der Waals surface area contributed by atoms with Gasteiger partial charge in [0.05, 0.1) is 12.8 Å². The van der Waals surface area contributed by atoms with Crippen molar-refractivity contribution in [3.63, 3.8) is 0 Å². The predicted octanol–water partition coefficient (Wildman–Crippen LogP) is 2.85. The van der Waals surface area contributed by atoms with Crippen molar-refractivity contribution in [3.8, 4) is 0 Å². The van der Waals surface area contributed by atoms with Crippen LogP contribution in [0.5, 0.6) is 0 Å². The van der Waals surface area contributed by atoms with Crippen LogP contribution < -0.4 is 0 Å². The second-order valence-electron chi connectivity index (χ2n) is 3.84. The minimum atomic E-state index is -0.348. The number of aromatic nitrogens is 3. The minimum Gasteiger partial charge on any atom is -0.462 e. The summed E-state index contributed by atoms with van der Waals surface area (Å²) < 4.78 is 5.68. The topological polar surface area (TPSA) is 67.9 Å². The van der Waals surface area contributed by atoms with Crippen LogP contribution >= 0.6 is 15.9 Å². The molecule has 96 valence electrons. The van der Waals surface area contributed by atoms with Crippen molar-refractivity contribution < 1.29 is 9.53 Å². The minimum absolute atomic E-state index is 0.346. The van der Waals surface area contributed by atoms with Crippen molar-refractivity contribution >= 4 is 33.1 Å². The van der Waals surface area contributed by atoms with Gasteiger partial charge in [-0.1, -0.05) is 13.3 Å². The molecule has 0 saturated carbocycles. The molecule has 0 fully saturated rings. The van der Waals surface area contributed by atoms with E-state index in [1.165, 1.54) is 0 Å². The molecule has 2 aromatic heterocycles. The Balaban J connectivity index is 2.60. The molecule has 0 aromatic carbocycles. The van der Waals surface area contributed by atoms with Gasteiger partial charge in [0.1, 0.15) is 15.7 Å². The van der Waals surface area contributed by atoms with Gasteiger partial charge in [0.25, 0.3) is 0 Å². The van der Waals surface area contributed by atoms with Crippen molar-refractivity contribution in [1.29, 1.82) is 0 Å². The molecular formula is C12H14BrN3O2. The highest BCUT2D eigenvalue weighted by Gasteiger charge is 2.21. The molecule has 0 saturated heterocycles. The monoisotopic (exact) mass is 311 g/mol. The number of rotatable bonds is 4. The first-order chi connectivity index (χ1) is 8.67. The molecular weight excluding hydrogens is 298 g/mol. The second kappa shape index (κ2) is 5.48. The number of H-pyrrole nitrogens is 1. The summed E-state index contributed by atoms with van der Waals surface area (Å²) >= 11 is 3.26. The van der Waals surface area contributed by atoms with E-state index >= 15 is 0 Å². The van der Waals surface area contributed by atoms with Crippen LogP contribution in [0.3, 0.4) is 0 Å². The summed E-state index contributed by atoms with van der Waals surface area (Å²) in [6.45, 7) is 4.18. The normalized spacial score (nSPS) is 10.8. The molecule has 0 aliphatic carbocycles. The summed E-state index contributed by atoms with van der Waals surface area (Å²) in [6, 6.07) is 0. The number of aryl methyl sites for hydroxylation is 1. The molecule has 0 amide bonds. The molecule has 6 heteroatoms. The Kier molecular flexibility index (Phi) is 3.96. The summed E-state index contributed by atoms with van der Waals surface area (Å²) in [5.41, 5.74) is 2.52. The van der Waals surface area contributed by atoms with E-state index in [-0.39, 0.29) is 5.97 Å². The van der Waals surface area contributed by atoms with E-state index in [0.717, 1.165) is 18.5 Å². The van der Waals surface area contributed by atoms with Gasteiger partial charge in [-0.05, 0) is 29.3 Å². The standard InChI is InChI=1S/C12H14BrN3O2/c1-3-5-7-9(12(17)18-4-2)10-11(15-7)14-6-8(13)16-10/h6H,3-5H2,1-2H3,(H,14,15). The predicted molar refractivity (Wildman–Crippen MR) is 71.5 cm³/mol. The van der Waals surface area contributed by atoms with E-state index in [4.69, 9.17) is 4.74 Å². The summed E-state index contributed by atoms with van der Waals surface area (Å²) in [6.07, 6.45) is 3.30. The third-order valence-electron chi connectivity index (χ3n) is 2.53. The number of carbonyl (C=O) groups is 1. The first-order valence-electron chi connectivity index (χ1n) is 5.87. The zero-order chi connectivity index (χ0) is 13.1. The van der Waals surface area contributed by atoms with Crippen LogP contribution in [0.25, 0.3) is 11.2 Å². The van der Waals surface area contributed by atoms with Gasteiger partial charge in [-0.3, -0.25) is 0 Å². The van der Waals surface area contributed by atoms with E-state index in [2.05, 4.69) is 37.8 Å². The molecule has 0 aliphatic heterocycles. The van der Waals surface area contributed by atoms with E-state index in [1.54, 1.807) is 13.1 Å². The molecule has 0 atom stereocenters. The fraction of sp³-hybridized carbons (Fsp3) is 0.417. The molecule has 0 radical (unpaired) electrons. The quantitative estimate of drug-likeness (QED) is 0.882. The maximum atomic E-state index is 12.0. The number of ether oxygens (including phenoxy) is 1. The smallest absolute Gasteiger partial charge is 0.342 e. The summed E-state index contributed by atoms with van der Waals surface area (Å²) in [4.78, 5) is 23.7. The molecule has 0 bridgehead atoms. The van der Waals surface area contributed by atoms with Crippen LogP contribution in [0.1, 0.15) is 36.3 Å². The van der Waals surface area contributed by atoms with E-state index < -0.39 is 0 Å². The number of fused-ring (bicyclic) bond motifs is 1. The van der Waals surface area contributed by atoms with Gasteiger partial charge >= 0.3 is 5.97 Å². The molecule has 1 N–H and O–H groups in total. The largest absolute Gasteiger partial charge is 0.462 e.